The molecule has 6 rings (SSSR count). The minimum atomic E-state index is -0.163. The van der Waals surface area contributed by atoms with Crippen LogP contribution in [0.3, 0.4) is 0 Å². The van der Waals surface area contributed by atoms with Crippen molar-refractivity contribution in [2.45, 2.75) is 56.7 Å². The number of benzene rings is 3. The van der Waals surface area contributed by atoms with Gasteiger partial charge in [-0.05, 0) is 42.0 Å². The normalized spacial score (nSPS) is 26.5. The molecule has 1 saturated carbocycles. The van der Waals surface area contributed by atoms with E-state index in [4.69, 9.17) is 0 Å². The highest BCUT2D eigenvalue weighted by Crippen LogP contribution is 2.51. The predicted molar refractivity (Wildman–Crippen MR) is 146 cm³/mol. The lowest BCUT2D eigenvalue weighted by Crippen LogP contribution is -2.50. The molecule has 2 amide bonds. The van der Waals surface area contributed by atoms with E-state index in [-0.39, 0.29) is 35.9 Å². The fourth-order valence-corrected chi connectivity index (χ4v) is 6.81. The highest BCUT2D eigenvalue weighted by Gasteiger charge is 2.48. The number of carbonyl (C=O) groups excluding carboxylic acids is 2. The summed E-state index contributed by atoms with van der Waals surface area (Å²) in [5.41, 5.74) is 4.60. The molecule has 1 aliphatic carbocycles. The third-order valence-corrected chi connectivity index (χ3v) is 8.54. The van der Waals surface area contributed by atoms with Crippen molar-refractivity contribution in [3.05, 3.63) is 102 Å². The van der Waals surface area contributed by atoms with E-state index < -0.39 is 0 Å². The van der Waals surface area contributed by atoms with E-state index in [1.54, 1.807) is 0 Å². The first-order valence-electron chi connectivity index (χ1n) is 13.7. The van der Waals surface area contributed by atoms with Gasteiger partial charge in [-0.15, -0.1) is 0 Å². The first-order valence-corrected chi connectivity index (χ1v) is 13.7. The highest BCUT2D eigenvalue weighted by atomic mass is 16.2. The molecular weight excluding hydrogens is 458 g/mol. The number of nitrogens with zero attached hydrogens (tertiary/aromatic N) is 1. The Morgan fingerprint density at radius 2 is 1.54 bits per heavy atom. The lowest BCUT2D eigenvalue weighted by molar-refractivity contribution is -0.139. The number of nitrogens with one attached hydrogen (secondary N) is 2. The Morgan fingerprint density at radius 1 is 0.838 bits per heavy atom. The van der Waals surface area contributed by atoms with Crippen LogP contribution in [0.2, 0.25) is 0 Å². The molecule has 0 bridgehead atoms. The summed E-state index contributed by atoms with van der Waals surface area (Å²) >= 11 is 0. The van der Waals surface area contributed by atoms with Crippen molar-refractivity contribution in [1.29, 1.82) is 0 Å². The van der Waals surface area contributed by atoms with Crippen molar-refractivity contribution in [3.63, 3.8) is 0 Å². The molecule has 2 N–H and O–H groups in total. The van der Waals surface area contributed by atoms with Crippen molar-refractivity contribution >= 4 is 17.5 Å². The number of rotatable bonds is 5. The van der Waals surface area contributed by atoms with E-state index in [0.29, 0.717) is 12.3 Å². The van der Waals surface area contributed by atoms with Crippen molar-refractivity contribution in [2.75, 3.05) is 11.9 Å². The van der Waals surface area contributed by atoms with Crippen LogP contribution in [0, 0.1) is 11.8 Å². The molecule has 5 atom stereocenters. The van der Waals surface area contributed by atoms with Gasteiger partial charge in [0.05, 0.1) is 24.4 Å². The van der Waals surface area contributed by atoms with E-state index in [1.165, 1.54) is 11.1 Å². The topological polar surface area (TPSA) is 61.4 Å². The second kappa shape index (κ2) is 10.4. The molecule has 5 nitrogen and oxygen atoms in total. The summed E-state index contributed by atoms with van der Waals surface area (Å²) < 4.78 is 0. The second-order valence-electron chi connectivity index (χ2n) is 10.8. The van der Waals surface area contributed by atoms with Gasteiger partial charge in [0.2, 0.25) is 11.8 Å². The number of hydrogen-bond donors (Lipinski definition) is 2. The quantitative estimate of drug-likeness (QED) is 0.482. The third-order valence-electron chi connectivity index (χ3n) is 8.54. The van der Waals surface area contributed by atoms with Crippen LogP contribution in [-0.4, -0.2) is 29.3 Å². The molecule has 1 saturated heterocycles. The van der Waals surface area contributed by atoms with Gasteiger partial charge in [0.15, 0.2) is 0 Å². The van der Waals surface area contributed by atoms with Gasteiger partial charge < -0.3 is 15.5 Å². The second-order valence-corrected chi connectivity index (χ2v) is 10.8. The summed E-state index contributed by atoms with van der Waals surface area (Å²) in [6.07, 6.45) is 5.11. The van der Waals surface area contributed by atoms with Gasteiger partial charge in [-0.1, -0.05) is 91.7 Å². The average Bonchev–Trinajstić information content (AvgIpc) is 3.39. The first-order chi connectivity index (χ1) is 18.2. The van der Waals surface area contributed by atoms with Crippen LogP contribution in [0.15, 0.2) is 84.9 Å². The van der Waals surface area contributed by atoms with Crippen molar-refractivity contribution in [3.8, 4) is 0 Å². The maximum Gasteiger partial charge on any atom is 0.228 e. The van der Waals surface area contributed by atoms with E-state index in [1.807, 2.05) is 30.3 Å². The SMILES string of the molecule is O=C(Cc1ccccc1)N[C@@H]1CCCC[C@@H]1C(=O)N1CC[C@H]2[C@H](c3ccccc3)Nc3ccccc3[C@@H]21. The number of fused-ring (bicyclic) bond motifs is 3. The summed E-state index contributed by atoms with van der Waals surface area (Å²) in [5, 5.41) is 7.04. The maximum absolute atomic E-state index is 14.2. The molecule has 2 aliphatic heterocycles. The molecule has 2 heterocycles. The van der Waals surface area contributed by atoms with Gasteiger partial charge in [0.1, 0.15) is 0 Å². The Bertz CT molecular complexity index is 1250. The monoisotopic (exact) mass is 493 g/mol. The molecule has 37 heavy (non-hydrogen) atoms. The van der Waals surface area contributed by atoms with Gasteiger partial charge in [0, 0.05) is 24.2 Å². The molecule has 190 valence electrons. The van der Waals surface area contributed by atoms with Crippen LogP contribution < -0.4 is 10.6 Å². The Labute approximate surface area is 219 Å². The number of hydrogen-bond acceptors (Lipinski definition) is 3. The fourth-order valence-electron chi connectivity index (χ4n) is 6.81. The predicted octanol–water partition coefficient (Wildman–Crippen LogP) is 5.66. The third kappa shape index (κ3) is 4.75. The molecule has 3 aromatic carbocycles. The Kier molecular flexibility index (Phi) is 6.69. The molecule has 0 radical (unpaired) electrons. The molecular formula is C32H35N3O2. The van der Waals surface area contributed by atoms with Gasteiger partial charge in [-0.3, -0.25) is 9.59 Å². The lowest BCUT2D eigenvalue weighted by Gasteiger charge is -2.42. The average molecular weight is 494 g/mol. The summed E-state index contributed by atoms with van der Waals surface area (Å²) in [6.45, 7) is 0.759. The van der Waals surface area contributed by atoms with E-state index >= 15 is 0 Å². The maximum atomic E-state index is 14.2. The Morgan fingerprint density at radius 3 is 2.35 bits per heavy atom. The highest BCUT2D eigenvalue weighted by molar-refractivity contribution is 5.83. The Balaban J connectivity index is 1.24. The molecule has 3 aromatic rings. The van der Waals surface area contributed by atoms with Crippen LogP contribution in [0.5, 0.6) is 0 Å². The molecule has 0 aromatic heterocycles. The molecule has 0 spiro atoms. The van der Waals surface area contributed by atoms with Crippen molar-refractivity contribution < 1.29 is 9.59 Å². The Hall–Kier alpha value is -3.60. The summed E-state index contributed by atoms with van der Waals surface area (Å²) in [6, 6.07) is 29.0. The zero-order chi connectivity index (χ0) is 25.2. The van der Waals surface area contributed by atoms with Gasteiger partial charge in [-0.2, -0.15) is 0 Å². The number of amides is 2. The number of anilines is 1. The van der Waals surface area contributed by atoms with E-state index in [0.717, 1.165) is 49.9 Å². The number of para-hydroxylation sites is 1. The van der Waals surface area contributed by atoms with Crippen molar-refractivity contribution in [1.82, 2.24) is 10.2 Å². The van der Waals surface area contributed by atoms with Gasteiger partial charge >= 0.3 is 0 Å². The molecule has 0 unspecified atom stereocenters. The van der Waals surface area contributed by atoms with Crippen LogP contribution in [0.25, 0.3) is 0 Å². The molecule has 5 heteroatoms. The largest absolute Gasteiger partial charge is 0.378 e. The number of likely N-dealkylation sites (tertiary alicyclic amines) is 1. The number of carbonyl (C=O) groups is 2. The van der Waals surface area contributed by atoms with E-state index in [9.17, 15) is 9.59 Å². The minimum Gasteiger partial charge on any atom is -0.378 e. The van der Waals surface area contributed by atoms with Crippen LogP contribution in [-0.2, 0) is 16.0 Å². The van der Waals surface area contributed by atoms with Gasteiger partial charge in [0.25, 0.3) is 0 Å². The zero-order valence-corrected chi connectivity index (χ0v) is 21.2. The summed E-state index contributed by atoms with van der Waals surface area (Å²) in [7, 11) is 0. The summed E-state index contributed by atoms with van der Waals surface area (Å²) in [5.74, 6) is 0.368. The smallest absolute Gasteiger partial charge is 0.228 e. The first kappa shape index (κ1) is 23.8. The van der Waals surface area contributed by atoms with Crippen LogP contribution in [0.4, 0.5) is 5.69 Å². The van der Waals surface area contributed by atoms with Crippen LogP contribution >= 0.6 is 0 Å². The van der Waals surface area contributed by atoms with Gasteiger partial charge in [-0.25, -0.2) is 0 Å². The molecule has 2 fully saturated rings. The fraction of sp³-hybridized carbons (Fsp3) is 0.375. The summed E-state index contributed by atoms with van der Waals surface area (Å²) in [4.78, 5) is 29.3. The van der Waals surface area contributed by atoms with E-state index in [2.05, 4.69) is 70.1 Å². The minimum absolute atomic E-state index is 0.00607. The van der Waals surface area contributed by atoms with Crippen LogP contribution in [0.1, 0.15) is 60.9 Å². The lowest BCUT2D eigenvalue weighted by atomic mass is 9.79. The molecule has 3 aliphatic rings. The zero-order valence-electron chi connectivity index (χ0n) is 21.2. The standard InChI is InChI=1S/C32H35N3O2/c36-29(21-22-11-3-1-4-12-22)33-28-18-10-8-16-25(28)32(37)35-20-19-26-30(23-13-5-2-6-14-23)34-27-17-9-7-15-24(27)31(26)35/h1-7,9,11-15,17,25-26,28,30-31,34H,8,10,16,18-21H2,(H,33,36)/t25-,26-,28+,30-,31-/m0/s1. The van der Waals surface area contributed by atoms with Crippen molar-refractivity contribution in [2.24, 2.45) is 11.8 Å².